The van der Waals surface area contributed by atoms with Crippen molar-refractivity contribution in [2.24, 2.45) is 0 Å². The zero-order valence-corrected chi connectivity index (χ0v) is 18.8. The largest absolute Gasteiger partial charge is 0.368 e. The predicted molar refractivity (Wildman–Crippen MR) is 128 cm³/mol. The van der Waals surface area contributed by atoms with Crippen molar-refractivity contribution >= 4 is 17.3 Å². The second-order valence-corrected chi connectivity index (χ2v) is 9.33. The summed E-state index contributed by atoms with van der Waals surface area (Å²) < 4.78 is 0. The highest BCUT2D eigenvalue weighted by atomic mass is 15.3. The van der Waals surface area contributed by atoms with Gasteiger partial charge in [0.05, 0.1) is 0 Å². The van der Waals surface area contributed by atoms with E-state index < -0.39 is 0 Å². The fraction of sp³-hybridized carbons (Fsp3) is 0.462. The average Bonchev–Trinajstić information content (AvgIpc) is 3.58. The molecule has 3 fully saturated rings. The number of rotatable bonds is 5. The second kappa shape index (κ2) is 8.03. The summed E-state index contributed by atoms with van der Waals surface area (Å²) in [6, 6.07) is 7.07. The number of hydrogen-bond acceptors (Lipinski definition) is 5. The van der Waals surface area contributed by atoms with E-state index in [2.05, 4.69) is 66.1 Å². The van der Waals surface area contributed by atoms with Gasteiger partial charge in [-0.05, 0) is 68.7 Å². The zero-order chi connectivity index (χ0) is 21.5. The van der Waals surface area contributed by atoms with Crippen LogP contribution in [0.15, 0.2) is 49.4 Å². The number of anilines is 2. The van der Waals surface area contributed by atoms with Gasteiger partial charge in [-0.1, -0.05) is 19.2 Å². The number of piperazine rings is 1. The molecule has 2 saturated heterocycles. The standard InChI is InChI=1S/C26H33N5/c1-18-15-24(22-7-8-22)17-28-26(18)30-13-11-29(12-14-30)21(4)23-9-10-25(27-16-23)31-19(2)5-6-20(31)3/h9-10,15-17,20,22H,2,4-8,11-14H2,1,3H3. The molecule has 0 radical (unpaired) electrons. The Kier molecular flexibility index (Phi) is 5.20. The lowest BCUT2D eigenvalue weighted by molar-refractivity contribution is 0.366. The van der Waals surface area contributed by atoms with Gasteiger partial charge < -0.3 is 14.7 Å². The highest BCUT2D eigenvalue weighted by Crippen LogP contribution is 2.40. The van der Waals surface area contributed by atoms with Gasteiger partial charge in [0.1, 0.15) is 11.6 Å². The molecular weight excluding hydrogens is 382 g/mol. The third kappa shape index (κ3) is 3.93. The van der Waals surface area contributed by atoms with E-state index in [4.69, 9.17) is 9.97 Å². The molecule has 5 rings (SSSR count). The average molecular weight is 416 g/mol. The van der Waals surface area contributed by atoms with E-state index in [0.29, 0.717) is 6.04 Å². The Hall–Kier alpha value is -2.82. The van der Waals surface area contributed by atoms with Gasteiger partial charge >= 0.3 is 0 Å². The van der Waals surface area contributed by atoms with Crippen LogP contribution in [0.3, 0.4) is 0 Å². The molecule has 31 heavy (non-hydrogen) atoms. The Morgan fingerprint density at radius 2 is 1.81 bits per heavy atom. The van der Waals surface area contributed by atoms with Crippen molar-refractivity contribution in [2.75, 3.05) is 36.0 Å². The lowest BCUT2D eigenvalue weighted by Gasteiger charge is -2.38. The maximum atomic E-state index is 4.81. The second-order valence-electron chi connectivity index (χ2n) is 9.33. The van der Waals surface area contributed by atoms with Crippen LogP contribution < -0.4 is 9.80 Å². The number of hydrogen-bond donors (Lipinski definition) is 0. The van der Waals surface area contributed by atoms with Crippen LogP contribution in [0.5, 0.6) is 0 Å². The molecule has 0 bridgehead atoms. The molecule has 2 aromatic heterocycles. The normalized spacial score (nSPS) is 21.7. The SMILES string of the molecule is C=C(c1ccc(N2C(=C)CCC2C)nc1)N1CCN(c2ncc(C3CC3)cc2C)CC1. The molecule has 1 saturated carbocycles. The van der Waals surface area contributed by atoms with Crippen molar-refractivity contribution < 1.29 is 0 Å². The summed E-state index contributed by atoms with van der Waals surface area (Å²) in [4.78, 5) is 16.6. The highest BCUT2D eigenvalue weighted by Gasteiger charge is 2.27. The van der Waals surface area contributed by atoms with Gasteiger partial charge in [-0.2, -0.15) is 0 Å². The summed E-state index contributed by atoms with van der Waals surface area (Å²) in [7, 11) is 0. The molecule has 2 aromatic rings. The van der Waals surface area contributed by atoms with E-state index >= 15 is 0 Å². The Morgan fingerprint density at radius 3 is 2.39 bits per heavy atom. The summed E-state index contributed by atoms with van der Waals surface area (Å²) in [6.45, 7) is 16.8. The quantitative estimate of drug-likeness (QED) is 0.690. The molecule has 5 nitrogen and oxygen atoms in total. The molecule has 4 heterocycles. The van der Waals surface area contributed by atoms with Crippen molar-refractivity contribution in [1.82, 2.24) is 14.9 Å². The molecular formula is C26H33N5. The van der Waals surface area contributed by atoms with Crippen LogP contribution in [0.2, 0.25) is 0 Å². The van der Waals surface area contributed by atoms with Crippen LogP contribution >= 0.6 is 0 Å². The van der Waals surface area contributed by atoms with E-state index in [1.165, 1.54) is 24.0 Å². The molecule has 2 aliphatic heterocycles. The smallest absolute Gasteiger partial charge is 0.132 e. The zero-order valence-electron chi connectivity index (χ0n) is 18.8. The predicted octanol–water partition coefficient (Wildman–Crippen LogP) is 4.96. The van der Waals surface area contributed by atoms with Gasteiger partial charge in [0.25, 0.3) is 0 Å². The summed E-state index contributed by atoms with van der Waals surface area (Å²) in [6.07, 6.45) is 8.90. The first-order chi connectivity index (χ1) is 15.0. The molecule has 1 atom stereocenters. The lowest BCUT2D eigenvalue weighted by Crippen LogP contribution is -2.45. The van der Waals surface area contributed by atoms with E-state index in [1.807, 2.05) is 6.20 Å². The van der Waals surface area contributed by atoms with E-state index in [-0.39, 0.29) is 0 Å². The lowest BCUT2D eigenvalue weighted by atomic mass is 10.1. The summed E-state index contributed by atoms with van der Waals surface area (Å²) in [5.74, 6) is 2.89. The third-order valence-corrected chi connectivity index (χ3v) is 7.04. The van der Waals surface area contributed by atoms with Crippen molar-refractivity contribution in [3.8, 4) is 0 Å². The van der Waals surface area contributed by atoms with Crippen LogP contribution in [0.1, 0.15) is 55.2 Å². The van der Waals surface area contributed by atoms with Crippen molar-refractivity contribution in [3.63, 3.8) is 0 Å². The van der Waals surface area contributed by atoms with Crippen molar-refractivity contribution in [2.45, 2.75) is 51.5 Å². The number of pyridine rings is 2. The van der Waals surface area contributed by atoms with E-state index in [1.54, 1.807) is 0 Å². The fourth-order valence-electron chi connectivity index (χ4n) is 4.95. The first-order valence-corrected chi connectivity index (χ1v) is 11.6. The first-order valence-electron chi connectivity index (χ1n) is 11.6. The number of allylic oxidation sites excluding steroid dienone is 1. The molecule has 0 N–H and O–H groups in total. The number of nitrogens with zero attached hydrogens (tertiary/aromatic N) is 5. The Labute approximate surface area is 186 Å². The minimum atomic E-state index is 0.470. The van der Waals surface area contributed by atoms with Gasteiger partial charge in [0.2, 0.25) is 0 Å². The van der Waals surface area contributed by atoms with Crippen LogP contribution in [-0.4, -0.2) is 47.1 Å². The number of aryl methyl sites for hydroxylation is 1. The Balaban J connectivity index is 1.21. The highest BCUT2D eigenvalue weighted by molar-refractivity contribution is 5.63. The van der Waals surface area contributed by atoms with Gasteiger partial charge in [-0.25, -0.2) is 9.97 Å². The summed E-state index contributed by atoms with van der Waals surface area (Å²) in [5.41, 5.74) is 6.03. The molecule has 1 aliphatic carbocycles. The molecule has 0 aromatic carbocycles. The number of aromatic nitrogens is 2. The maximum absolute atomic E-state index is 4.81. The van der Waals surface area contributed by atoms with Crippen LogP contribution in [0.4, 0.5) is 11.6 Å². The van der Waals surface area contributed by atoms with Gasteiger partial charge in [-0.3, -0.25) is 0 Å². The monoisotopic (exact) mass is 415 g/mol. The molecule has 0 spiro atoms. The fourth-order valence-corrected chi connectivity index (χ4v) is 4.95. The third-order valence-electron chi connectivity index (χ3n) is 7.04. The van der Waals surface area contributed by atoms with E-state index in [9.17, 15) is 0 Å². The van der Waals surface area contributed by atoms with Crippen LogP contribution in [0, 0.1) is 6.92 Å². The Morgan fingerprint density at radius 1 is 1.03 bits per heavy atom. The van der Waals surface area contributed by atoms with E-state index in [0.717, 1.165) is 73.5 Å². The molecule has 5 heteroatoms. The summed E-state index contributed by atoms with van der Waals surface area (Å²) in [5, 5.41) is 0. The minimum Gasteiger partial charge on any atom is -0.368 e. The Bertz CT molecular complexity index is 983. The molecule has 162 valence electrons. The van der Waals surface area contributed by atoms with Crippen molar-refractivity contribution in [3.05, 3.63) is 66.1 Å². The molecule has 1 unspecified atom stereocenters. The van der Waals surface area contributed by atoms with Crippen LogP contribution in [-0.2, 0) is 0 Å². The van der Waals surface area contributed by atoms with Gasteiger partial charge in [0.15, 0.2) is 0 Å². The summed E-state index contributed by atoms with van der Waals surface area (Å²) >= 11 is 0. The van der Waals surface area contributed by atoms with Gasteiger partial charge in [-0.15, -0.1) is 0 Å². The molecule has 0 amide bonds. The maximum Gasteiger partial charge on any atom is 0.132 e. The first kappa shape index (κ1) is 20.1. The van der Waals surface area contributed by atoms with Gasteiger partial charge in [0, 0.05) is 61.6 Å². The topological polar surface area (TPSA) is 35.5 Å². The van der Waals surface area contributed by atoms with Crippen LogP contribution in [0.25, 0.3) is 5.70 Å². The molecule has 3 aliphatic rings. The van der Waals surface area contributed by atoms with Crippen molar-refractivity contribution in [1.29, 1.82) is 0 Å². The minimum absolute atomic E-state index is 0.470.